The van der Waals surface area contributed by atoms with Crippen LogP contribution in [-0.4, -0.2) is 13.2 Å². The second-order valence-electron chi connectivity index (χ2n) is 8.85. The summed E-state index contributed by atoms with van der Waals surface area (Å²) in [5, 5.41) is 0. The van der Waals surface area contributed by atoms with Crippen molar-refractivity contribution >= 4 is 0 Å². The molecule has 0 spiro atoms. The molecule has 1 saturated carbocycles. The maximum Gasteiger partial charge on any atom is 0.186 e. The van der Waals surface area contributed by atoms with E-state index in [1.165, 1.54) is 64.2 Å². The van der Waals surface area contributed by atoms with Crippen molar-refractivity contribution < 1.29 is 13.9 Å². The summed E-state index contributed by atoms with van der Waals surface area (Å²) >= 11 is 0. The van der Waals surface area contributed by atoms with Crippen molar-refractivity contribution in [1.82, 2.24) is 0 Å². The molecule has 2 fully saturated rings. The second kappa shape index (κ2) is 10.6. The highest BCUT2D eigenvalue weighted by atomic mass is 19.1. The van der Waals surface area contributed by atoms with Gasteiger partial charge in [-0.3, -0.25) is 0 Å². The van der Waals surface area contributed by atoms with Crippen LogP contribution in [-0.2, 0) is 9.47 Å². The van der Waals surface area contributed by atoms with Gasteiger partial charge in [-0.05, 0) is 36.8 Å². The first kappa shape index (κ1) is 20.8. The Balaban J connectivity index is 1.33. The van der Waals surface area contributed by atoms with Gasteiger partial charge in [0.2, 0.25) is 0 Å². The Labute approximate surface area is 164 Å². The topological polar surface area (TPSA) is 18.5 Å². The molecule has 1 aromatic rings. The van der Waals surface area contributed by atoms with Gasteiger partial charge in [0.1, 0.15) is 5.82 Å². The van der Waals surface area contributed by atoms with Crippen LogP contribution in [0.15, 0.2) is 18.2 Å². The molecule has 3 rings (SSSR count). The van der Waals surface area contributed by atoms with Gasteiger partial charge in [-0.15, -0.1) is 0 Å². The Bertz CT molecular complexity index is 557. The molecule has 1 aliphatic heterocycles. The highest BCUT2D eigenvalue weighted by Crippen LogP contribution is 2.36. The molecule has 152 valence electrons. The van der Waals surface area contributed by atoms with Gasteiger partial charge in [-0.25, -0.2) is 4.39 Å². The Morgan fingerprint density at radius 1 is 0.889 bits per heavy atom. The Kier molecular flexibility index (Phi) is 8.14. The molecule has 0 radical (unpaired) electrons. The summed E-state index contributed by atoms with van der Waals surface area (Å²) in [5.74, 6) is 2.10. The monoisotopic (exact) mass is 376 g/mol. The molecule has 27 heavy (non-hydrogen) atoms. The molecule has 0 N–H and O–H groups in total. The molecule has 1 heterocycles. The summed E-state index contributed by atoms with van der Waals surface area (Å²) in [7, 11) is 0. The fourth-order valence-electron chi connectivity index (χ4n) is 4.68. The SMILES string of the molecule is CCCCCC1CCC(CCC2COC(c3ccc(C)cc3F)OC2)CC1. The van der Waals surface area contributed by atoms with Crippen molar-refractivity contribution in [3.63, 3.8) is 0 Å². The van der Waals surface area contributed by atoms with Crippen LogP contribution in [0.5, 0.6) is 0 Å². The van der Waals surface area contributed by atoms with Crippen LogP contribution >= 0.6 is 0 Å². The standard InChI is InChI=1S/C24H37FO2/c1-3-4-5-6-19-8-10-20(11-9-19)12-13-21-16-26-24(27-17-21)22-14-7-18(2)15-23(22)25/h7,14-15,19-21,24H,3-6,8-13,16-17H2,1-2H3. The lowest BCUT2D eigenvalue weighted by Crippen LogP contribution is -2.28. The maximum atomic E-state index is 14.1. The zero-order valence-electron chi connectivity index (χ0n) is 17.2. The molecular weight excluding hydrogens is 339 g/mol. The number of hydrogen-bond acceptors (Lipinski definition) is 2. The highest BCUT2D eigenvalue weighted by Gasteiger charge is 2.27. The van der Waals surface area contributed by atoms with Gasteiger partial charge in [0.05, 0.1) is 13.2 Å². The van der Waals surface area contributed by atoms with Crippen LogP contribution < -0.4 is 0 Å². The normalized spacial score (nSPS) is 29.0. The van der Waals surface area contributed by atoms with E-state index in [0.717, 1.165) is 17.4 Å². The van der Waals surface area contributed by atoms with E-state index in [1.54, 1.807) is 12.1 Å². The molecule has 0 unspecified atom stereocenters. The quantitative estimate of drug-likeness (QED) is 0.456. The summed E-state index contributed by atoms with van der Waals surface area (Å²) in [6.07, 6.45) is 13.2. The fraction of sp³-hybridized carbons (Fsp3) is 0.750. The molecule has 0 bridgehead atoms. The van der Waals surface area contributed by atoms with Crippen LogP contribution in [0.4, 0.5) is 4.39 Å². The van der Waals surface area contributed by atoms with E-state index in [4.69, 9.17) is 9.47 Å². The van der Waals surface area contributed by atoms with Crippen molar-refractivity contribution in [2.45, 2.75) is 84.3 Å². The number of rotatable bonds is 8. The summed E-state index contributed by atoms with van der Waals surface area (Å²) in [6, 6.07) is 5.25. The van der Waals surface area contributed by atoms with Gasteiger partial charge in [-0.2, -0.15) is 0 Å². The van der Waals surface area contributed by atoms with Crippen LogP contribution in [0.1, 0.15) is 88.5 Å². The minimum absolute atomic E-state index is 0.228. The van der Waals surface area contributed by atoms with Gasteiger partial charge in [0.25, 0.3) is 0 Å². The largest absolute Gasteiger partial charge is 0.348 e. The van der Waals surface area contributed by atoms with Crippen molar-refractivity contribution in [1.29, 1.82) is 0 Å². The molecule has 2 nitrogen and oxygen atoms in total. The number of ether oxygens (including phenoxy) is 2. The van der Waals surface area contributed by atoms with Crippen LogP contribution in [0.2, 0.25) is 0 Å². The zero-order chi connectivity index (χ0) is 19.1. The molecule has 3 heteroatoms. The minimum Gasteiger partial charge on any atom is -0.348 e. The Morgan fingerprint density at radius 3 is 2.15 bits per heavy atom. The van der Waals surface area contributed by atoms with E-state index in [1.807, 2.05) is 13.0 Å². The smallest absolute Gasteiger partial charge is 0.186 e. The predicted molar refractivity (Wildman–Crippen MR) is 108 cm³/mol. The summed E-state index contributed by atoms with van der Waals surface area (Å²) < 4.78 is 25.8. The third-order valence-corrected chi connectivity index (χ3v) is 6.54. The summed E-state index contributed by atoms with van der Waals surface area (Å²) in [4.78, 5) is 0. The molecule has 1 saturated heterocycles. The summed E-state index contributed by atoms with van der Waals surface area (Å²) in [5.41, 5.74) is 1.45. The number of unbranched alkanes of at least 4 members (excludes halogenated alkanes) is 2. The Morgan fingerprint density at radius 2 is 1.52 bits per heavy atom. The van der Waals surface area contributed by atoms with Gasteiger partial charge in [0.15, 0.2) is 6.29 Å². The van der Waals surface area contributed by atoms with E-state index in [2.05, 4.69) is 6.92 Å². The van der Waals surface area contributed by atoms with Crippen LogP contribution in [0.25, 0.3) is 0 Å². The Hall–Kier alpha value is -0.930. The maximum absolute atomic E-state index is 14.1. The van der Waals surface area contributed by atoms with Gasteiger partial charge >= 0.3 is 0 Å². The third-order valence-electron chi connectivity index (χ3n) is 6.54. The van der Waals surface area contributed by atoms with E-state index < -0.39 is 6.29 Å². The first-order chi connectivity index (χ1) is 13.2. The predicted octanol–water partition coefficient (Wildman–Crippen LogP) is 6.96. The van der Waals surface area contributed by atoms with Crippen molar-refractivity contribution in [2.75, 3.05) is 13.2 Å². The molecule has 0 aromatic heterocycles. The number of halogens is 1. The summed E-state index contributed by atoms with van der Waals surface area (Å²) in [6.45, 7) is 5.55. The number of benzene rings is 1. The van der Waals surface area contributed by atoms with E-state index in [9.17, 15) is 4.39 Å². The van der Waals surface area contributed by atoms with E-state index in [0.29, 0.717) is 24.7 Å². The van der Waals surface area contributed by atoms with Gasteiger partial charge < -0.3 is 9.47 Å². The van der Waals surface area contributed by atoms with Gasteiger partial charge in [-0.1, -0.05) is 76.8 Å². The van der Waals surface area contributed by atoms with Crippen LogP contribution in [0, 0.1) is 30.5 Å². The first-order valence-corrected chi connectivity index (χ1v) is 11.1. The molecular formula is C24H37FO2. The average molecular weight is 377 g/mol. The lowest BCUT2D eigenvalue weighted by Gasteiger charge is -2.32. The molecule has 1 aliphatic carbocycles. The molecule has 0 amide bonds. The lowest BCUT2D eigenvalue weighted by molar-refractivity contribution is -0.207. The molecule has 1 aromatic carbocycles. The average Bonchev–Trinajstić information content (AvgIpc) is 2.68. The lowest BCUT2D eigenvalue weighted by atomic mass is 9.77. The van der Waals surface area contributed by atoms with Gasteiger partial charge in [0, 0.05) is 11.5 Å². The van der Waals surface area contributed by atoms with Crippen molar-refractivity contribution in [2.24, 2.45) is 17.8 Å². The first-order valence-electron chi connectivity index (χ1n) is 11.1. The van der Waals surface area contributed by atoms with Crippen molar-refractivity contribution in [3.8, 4) is 0 Å². The van der Waals surface area contributed by atoms with Crippen molar-refractivity contribution in [3.05, 3.63) is 35.1 Å². The van der Waals surface area contributed by atoms with E-state index >= 15 is 0 Å². The number of aryl methyl sites for hydroxylation is 1. The molecule has 0 atom stereocenters. The van der Waals surface area contributed by atoms with Crippen LogP contribution in [0.3, 0.4) is 0 Å². The third kappa shape index (κ3) is 6.29. The van der Waals surface area contributed by atoms with E-state index in [-0.39, 0.29) is 5.82 Å². The molecule has 2 aliphatic rings. The minimum atomic E-state index is -0.541. The highest BCUT2D eigenvalue weighted by molar-refractivity contribution is 5.24. The second-order valence-corrected chi connectivity index (χ2v) is 8.85. The fourth-order valence-corrected chi connectivity index (χ4v) is 4.68. The number of hydrogen-bond donors (Lipinski definition) is 0. The zero-order valence-corrected chi connectivity index (χ0v) is 17.2.